The van der Waals surface area contributed by atoms with Gasteiger partial charge in [0.1, 0.15) is 5.75 Å². The number of aromatic nitrogens is 1. The van der Waals surface area contributed by atoms with Crippen molar-refractivity contribution in [2.24, 2.45) is 0 Å². The first-order valence-electron chi connectivity index (χ1n) is 5.73. The molecule has 0 aliphatic carbocycles. The Morgan fingerprint density at radius 2 is 2.15 bits per heavy atom. The zero-order valence-corrected chi connectivity index (χ0v) is 10.5. The first kappa shape index (κ1) is 13.9. The SMILES string of the molecule is C[C@@H](O)c1ccc(Oc2ccc([N+](=O)[O-])c(F)c2)nc1. The van der Waals surface area contributed by atoms with E-state index in [0.717, 1.165) is 12.1 Å². The molecule has 0 saturated carbocycles. The molecule has 0 aliphatic rings. The van der Waals surface area contributed by atoms with Gasteiger partial charge in [0.15, 0.2) is 0 Å². The number of hydrogen-bond acceptors (Lipinski definition) is 5. The lowest BCUT2D eigenvalue weighted by Gasteiger charge is -2.07. The molecule has 0 aliphatic heterocycles. The topological polar surface area (TPSA) is 85.5 Å². The Balaban J connectivity index is 2.17. The van der Waals surface area contributed by atoms with Gasteiger partial charge in [0, 0.05) is 24.4 Å². The molecule has 1 aromatic heterocycles. The summed E-state index contributed by atoms with van der Waals surface area (Å²) in [6.45, 7) is 1.60. The van der Waals surface area contributed by atoms with E-state index < -0.39 is 22.5 Å². The van der Waals surface area contributed by atoms with Crippen LogP contribution in [0.4, 0.5) is 10.1 Å². The molecular weight excluding hydrogens is 267 g/mol. The summed E-state index contributed by atoms with van der Waals surface area (Å²) < 4.78 is 18.7. The maximum Gasteiger partial charge on any atom is 0.305 e. The Labute approximate surface area is 113 Å². The molecular formula is C13H11FN2O4. The highest BCUT2D eigenvalue weighted by molar-refractivity contribution is 5.39. The summed E-state index contributed by atoms with van der Waals surface area (Å²) >= 11 is 0. The van der Waals surface area contributed by atoms with Crippen molar-refractivity contribution in [3.05, 3.63) is 58.0 Å². The van der Waals surface area contributed by atoms with E-state index in [1.165, 1.54) is 18.3 Å². The minimum Gasteiger partial charge on any atom is -0.439 e. The smallest absolute Gasteiger partial charge is 0.305 e. The molecule has 2 rings (SSSR count). The van der Waals surface area contributed by atoms with Crippen LogP contribution in [-0.4, -0.2) is 15.0 Å². The lowest BCUT2D eigenvalue weighted by Crippen LogP contribution is -1.95. The number of nitro benzene ring substituents is 1. The van der Waals surface area contributed by atoms with E-state index in [4.69, 9.17) is 4.74 Å². The van der Waals surface area contributed by atoms with Gasteiger partial charge in [-0.05, 0) is 24.6 Å². The van der Waals surface area contributed by atoms with Crippen molar-refractivity contribution in [3.63, 3.8) is 0 Å². The van der Waals surface area contributed by atoms with Crippen LogP contribution in [0.5, 0.6) is 11.6 Å². The molecule has 0 saturated heterocycles. The van der Waals surface area contributed by atoms with Crippen LogP contribution in [0.25, 0.3) is 0 Å². The molecule has 1 atom stereocenters. The summed E-state index contributed by atoms with van der Waals surface area (Å²) in [6, 6.07) is 6.36. The van der Waals surface area contributed by atoms with Crippen LogP contribution in [0.1, 0.15) is 18.6 Å². The lowest BCUT2D eigenvalue weighted by atomic mass is 10.2. The Hall–Kier alpha value is -2.54. The van der Waals surface area contributed by atoms with Gasteiger partial charge in [-0.1, -0.05) is 0 Å². The second-order valence-electron chi connectivity index (χ2n) is 4.08. The van der Waals surface area contributed by atoms with Gasteiger partial charge >= 0.3 is 5.69 Å². The lowest BCUT2D eigenvalue weighted by molar-refractivity contribution is -0.387. The van der Waals surface area contributed by atoms with Crippen LogP contribution in [0.2, 0.25) is 0 Å². The van der Waals surface area contributed by atoms with Gasteiger partial charge in [-0.15, -0.1) is 0 Å². The number of ether oxygens (including phenoxy) is 1. The van der Waals surface area contributed by atoms with Gasteiger partial charge in [0.05, 0.1) is 11.0 Å². The maximum atomic E-state index is 13.4. The Morgan fingerprint density at radius 1 is 1.40 bits per heavy atom. The third-order valence-electron chi connectivity index (χ3n) is 2.58. The molecule has 0 fully saturated rings. The molecule has 0 spiro atoms. The maximum absolute atomic E-state index is 13.4. The standard InChI is InChI=1S/C13H11FN2O4/c1-8(17)9-2-5-13(15-7-9)20-10-3-4-12(16(18)19)11(14)6-10/h2-8,17H,1H3/t8-/m1/s1. The number of pyridine rings is 1. The van der Waals surface area contributed by atoms with Crippen LogP contribution in [-0.2, 0) is 0 Å². The monoisotopic (exact) mass is 278 g/mol. The van der Waals surface area contributed by atoms with Crippen LogP contribution in [0.15, 0.2) is 36.5 Å². The van der Waals surface area contributed by atoms with Gasteiger partial charge in [-0.25, -0.2) is 4.98 Å². The van der Waals surface area contributed by atoms with Crippen molar-refractivity contribution in [2.75, 3.05) is 0 Å². The fraction of sp³-hybridized carbons (Fsp3) is 0.154. The highest BCUT2D eigenvalue weighted by atomic mass is 19.1. The molecule has 0 amide bonds. The number of hydrogen-bond donors (Lipinski definition) is 1. The van der Waals surface area contributed by atoms with Gasteiger partial charge in [-0.3, -0.25) is 10.1 Å². The van der Waals surface area contributed by atoms with Gasteiger partial charge in [-0.2, -0.15) is 4.39 Å². The second-order valence-corrected chi connectivity index (χ2v) is 4.08. The van der Waals surface area contributed by atoms with E-state index in [9.17, 15) is 19.6 Å². The fourth-order valence-electron chi connectivity index (χ4n) is 1.52. The summed E-state index contributed by atoms with van der Waals surface area (Å²) in [5.74, 6) is -0.679. The number of nitro groups is 1. The third kappa shape index (κ3) is 3.07. The third-order valence-corrected chi connectivity index (χ3v) is 2.58. The molecule has 1 aromatic carbocycles. The molecule has 0 radical (unpaired) electrons. The summed E-state index contributed by atoms with van der Waals surface area (Å²) in [4.78, 5) is 13.6. The van der Waals surface area contributed by atoms with E-state index in [0.29, 0.717) is 5.56 Å². The van der Waals surface area contributed by atoms with Gasteiger partial charge in [0.2, 0.25) is 11.7 Å². The summed E-state index contributed by atoms with van der Waals surface area (Å²) in [7, 11) is 0. The van der Waals surface area contributed by atoms with Crippen LogP contribution in [0, 0.1) is 15.9 Å². The fourth-order valence-corrected chi connectivity index (χ4v) is 1.52. The minimum atomic E-state index is -0.979. The number of aliphatic hydroxyl groups excluding tert-OH is 1. The molecule has 104 valence electrons. The Kier molecular flexibility index (Phi) is 3.90. The number of rotatable bonds is 4. The van der Waals surface area contributed by atoms with Crippen LogP contribution in [0.3, 0.4) is 0 Å². The van der Waals surface area contributed by atoms with E-state index in [1.807, 2.05) is 0 Å². The predicted octanol–water partition coefficient (Wildman–Crippen LogP) is 2.97. The molecule has 0 unspecified atom stereocenters. The number of aliphatic hydroxyl groups is 1. The van der Waals surface area contributed by atoms with Crippen molar-refractivity contribution in [1.29, 1.82) is 0 Å². The van der Waals surface area contributed by atoms with Crippen molar-refractivity contribution in [1.82, 2.24) is 4.98 Å². The normalized spacial score (nSPS) is 11.9. The molecule has 2 aromatic rings. The predicted molar refractivity (Wildman–Crippen MR) is 68.0 cm³/mol. The molecule has 20 heavy (non-hydrogen) atoms. The quantitative estimate of drug-likeness (QED) is 0.686. The summed E-state index contributed by atoms with van der Waals surface area (Å²) in [5, 5.41) is 19.8. The number of nitrogens with zero attached hydrogens (tertiary/aromatic N) is 2. The van der Waals surface area contributed by atoms with Crippen LogP contribution < -0.4 is 4.74 Å². The van der Waals surface area contributed by atoms with Crippen molar-refractivity contribution >= 4 is 5.69 Å². The van der Waals surface area contributed by atoms with Gasteiger partial charge in [0.25, 0.3) is 0 Å². The number of halogens is 1. The van der Waals surface area contributed by atoms with Crippen molar-refractivity contribution in [3.8, 4) is 11.6 Å². The highest BCUT2D eigenvalue weighted by Gasteiger charge is 2.14. The average Bonchev–Trinajstić information content (AvgIpc) is 2.39. The molecule has 7 heteroatoms. The molecule has 0 bridgehead atoms. The second kappa shape index (κ2) is 5.62. The van der Waals surface area contributed by atoms with E-state index >= 15 is 0 Å². The first-order valence-corrected chi connectivity index (χ1v) is 5.73. The summed E-state index contributed by atoms with van der Waals surface area (Å²) in [5.41, 5.74) is 0.00184. The molecule has 1 N–H and O–H groups in total. The van der Waals surface area contributed by atoms with E-state index in [1.54, 1.807) is 13.0 Å². The first-order chi connectivity index (χ1) is 9.47. The zero-order chi connectivity index (χ0) is 14.7. The highest BCUT2D eigenvalue weighted by Crippen LogP contribution is 2.26. The molecule has 6 nitrogen and oxygen atoms in total. The van der Waals surface area contributed by atoms with E-state index in [-0.39, 0.29) is 11.6 Å². The van der Waals surface area contributed by atoms with Gasteiger partial charge < -0.3 is 9.84 Å². The van der Waals surface area contributed by atoms with Crippen LogP contribution >= 0.6 is 0 Å². The van der Waals surface area contributed by atoms with Crippen molar-refractivity contribution < 1.29 is 19.2 Å². The minimum absolute atomic E-state index is 0.102. The molecule has 1 heterocycles. The Morgan fingerprint density at radius 3 is 2.65 bits per heavy atom. The van der Waals surface area contributed by atoms with E-state index in [2.05, 4.69) is 4.98 Å². The largest absolute Gasteiger partial charge is 0.439 e. The number of benzene rings is 1. The average molecular weight is 278 g/mol. The van der Waals surface area contributed by atoms with Crippen molar-refractivity contribution in [2.45, 2.75) is 13.0 Å². The zero-order valence-electron chi connectivity index (χ0n) is 10.5. The summed E-state index contributed by atoms with van der Waals surface area (Å²) in [6.07, 6.45) is 0.787. The Bertz CT molecular complexity index is 629.